The van der Waals surface area contributed by atoms with E-state index in [2.05, 4.69) is 20.9 Å². The van der Waals surface area contributed by atoms with Crippen LogP contribution in [0.3, 0.4) is 0 Å². The van der Waals surface area contributed by atoms with E-state index >= 15 is 0 Å². The second-order valence-electron chi connectivity index (χ2n) is 4.09. The van der Waals surface area contributed by atoms with E-state index in [-0.39, 0.29) is 22.3 Å². The lowest BCUT2D eigenvalue weighted by Gasteiger charge is -2.04. The van der Waals surface area contributed by atoms with Crippen LogP contribution < -0.4 is 11.2 Å². The topological polar surface area (TPSA) is 115 Å². The Morgan fingerprint density at radius 2 is 1.90 bits per heavy atom. The maximum atomic E-state index is 12.0. The number of hydrogen-bond acceptors (Lipinski definition) is 5. The van der Waals surface area contributed by atoms with Crippen molar-refractivity contribution in [2.75, 3.05) is 0 Å². The molecule has 0 saturated carbocycles. The van der Waals surface area contributed by atoms with Gasteiger partial charge in [0.15, 0.2) is 5.78 Å². The van der Waals surface area contributed by atoms with E-state index in [4.69, 9.17) is 0 Å². The van der Waals surface area contributed by atoms with Gasteiger partial charge in [-0.2, -0.15) is 0 Å². The first kappa shape index (κ1) is 14.9. The Kier molecular flexibility index (Phi) is 4.13. The van der Waals surface area contributed by atoms with E-state index in [0.717, 1.165) is 4.57 Å². The van der Waals surface area contributed by atoms with E-state index < -0.39 is 22.0 Å². The van der Waals surface area contributed by atoms with Crippen molar-refractivity contribution < 1.29 is 9.72 Å². The number of aromatic amines is 1. The Labute approximate surface area is 125 Å². The van der Waals surface area contributed by atoms with Crippen molar-refractivity contribution >= 4 is 27.4 Å². The third-order valence-corrected chi connectivity index (χ3v) is 3.25. The molecule has 0 aliphatic carbocycles. The van der Waals surface area contributed by atoms with Crippen LogP contribution in [0.1, 0.15) is 10.4 Å². The number of nitro groups is 1. The Bertz CT molecular complexity index is 822. The molecule has 108 valence electrons. The van der Waals surface area contributed by atoms with Crippen molar-refractivity contribution in [1.29, 1.82) is 0 Å². The molecule has 8 nitrogen and oxygen atoms in total. The van der Waals surface area contributed by atoms with Gasteiger partial charge >= 0.3 is 5.69 Å². The Morgan fingerprint density at radius 3 is 2.48 bits per heavy atom. The summed E-state index contributed by atoms with van der Waals surface area (Å²) in [5.41, 5.74) is -1.19. The van der Waals surface area contributed by atoms with Crippen LogP contribution in [0.5, 0.6) is 0 Å². The van der Waals surface area contributed by atoms with Gasteiger partial charge in [0.2, 0.25) is 0 Å². The van der Waals surface area contributed by atoms with Gasteiger partial charge in [0.25, 0.3) is 11.2 Å². The molecule has 1 aromatic carbocycles. The molecule has 2 rings (SSSR count). The molecule has 0 aliphatic rings. The van der Waals surface area contributed by atoms with E-state index in [0.29, 0.717) is 0 Å². The average molecular weight is 354 g/mol. The Morgan fingerprint density at radius 1 is 1.29 bits per heavy atom. The zero-order valence-electron chi connectivity index (χ0n) is 10.4. The number of Topliss-reactive ketones (excluding diaryl/α,β-unsaturated/α-hetero) is 1. The molecule has 1 heterocycles. The first-order chi connectivity index (χ1) is 9.88. The van der Waals surface area contributed by atoms with Crippen molar-refractivity contribution in [2.45, 2.75) is 6.54 Å². The van der Waals surface area contributed by atoms with Crippen LogP contribution in [0.15, 0.2) is 44.5 Å². The molecule has 0 unspecified atom stereocenters. The Balaban J connectivity index is 2.26. The van der Waals surface area contributed by atoms with Crippen LogP contribution in [-0.4, -0.2) is 20.3 Å². The maximum Gasteiger partial charge on any atom is 0.328 e. The lowest BCUT2D eigenvalue weighted by Crippen LogP contribution is -2.31. The predicted octanol–water partition coefficient (Wildman–Crippen LogP) is 1.09. The van der Waals surface area contributed by atoms with Gasteiger partial charge in [0, 0.05) is 23.9 Å². The summed E-state index contributed by atoms with van der Waals surface area (Å²) >= 11 is 2.96. The number of hydrogen-bond donors (Lipinski definition) is 1. The van der Waals surface area contributed by atoms with Crippen molar-refractivity contribution in [2.24, 2.45) is 0 Å². The fourth-order valence-electron chi connectivity index (χ4n) is 1.62. The van der Waals surface area contributed by atoms with Crippen LogP contribution in [0.2, 0.25) is 0 Å². The summed E-state index contributed by atoms with van der Waals surface area (Å²) in [6.45, 7) is -0.286. The van der Waals surface area contributed by atoms with Gasteiger partial charge in [0.1, 0.15) is 0 Å². The molecule has 0 bridgehead atoms. The molecule has 0 amide bonds. The molecule has 9 heteroatoms. The number of nitrogens with zero attached hydrogens (tertiary/aromatic N) is 2. The highest BCUT2D eigenvalue weighted by molar-refractivity contribution is 9.10. The van der Waals surface area contributed by atoms with Gasteiger partial charge in [-0.05, 0) is 28.1 Å². The number of rotatable bonds is 4. The van der Waals surface area contributed by atoms with Crippen molar-refractivity contribution in [3.63, 3.8) is 0 Å². The SMILES string of the molecule is O=C(Cn1cc(Br)c(=O)[nH]c1=O)c1ccc([N+](=O)[O-])cc1. The summed E-state index contributed by atoms with van der Waals surface area (Å²) in [5.74, 6) is -0.411. The molecule has 2 aromatic rings. The molecule has 0 saturated heterocycles. The number of aromatic nitrogens is 2. The zero-order valence-corrected chi connectivity index (χ0v) is 12.0. The average Bonchev–Trinajstić information content (AvgIpc) is 2.44. The van der Waals surface area contributed by atoms with E-state index in [1.165, 1.54) is 30.5 Å². The fraction of sp³-hybridized carbons (Fsp3) is 0.0833. The predicted molar refractivity (Wildman–Crippen MR) is 76.4 cm³/mol. The summed E-state index contributed by atoms with van der Waals surface area (Å²) in [4.78, 5) is 46.7. The van der Waals surface area contributed by atoms with Crippen LogP contribution in [0.25, 0.3) is 0 Å². The minimum atomic E-state index is -0.710. The van der Waals surface area contributed by atoms with Gasteiger partial charge in [-0.3, -0.25) is 29.3 Å². The number of non-ortho nitro benzene ring substituents is 1. The highest BCUT2D eigenvalue weighted by Gasteiger charge is 2.11. The molecule has 0 atom stereocenters. The van der Waals surface area contributed by atoms with E-state index in [1.54, 1.807) is 0 Å². The number of benzene rings is 1. The normalized spacial score (nSPS) is 10.3. The molecule has 1 aromatic heterocycles. The van der Waals surface area contributed by atoms with Crippen LogP contribution in [0.4, 0.5) is 5.69 Å². The van der Waals surface area contributed by atoms with Crippen LogP contribution >= 0.6 is 15.9 Å². The number of halogens is 1. The first-order valence-electron chi connectivity index (χ1n) is 5.65. The summed E-state index contributed by atoms with van der Waals surface area (Å²) in [6, 6.07) is 5.04. The van der Waals surface area contributed by atoms with Gasteiger partial charge in [-0.1, -0.05) is 0 Å². The number of nitro benzene ring substituents is 1. The Hall–Kier alpha value is -2.55. The molecule has 0 aliphatic heterocycles. The molecule has 0 spiro atoms. The van der Waals surface area contributed by atoms with E-state index in [9.17, 15) is 24.5 Å². The smallest absolute Gasteiger partial charge is 0.292 e. The molecular weight excluding hydrogens is 346 g/mol. The highest BCUT2D eigenvalue weighted by atomic mass is 79.9. The second-order valence-corrected chi connectivity index (χ2v) is 4.95. The minimum absolute atomic E-state index is 0.124. The highest BCUT2D eigenvalue weighted by Crippen LogP contribution is 2.12. The molecular formula is C12H8BrN3O5. The largest absolute Gasteiger partial charge is 0.328 e. The first-order valence-corrected chi connectivity index (χ1v) is 6.44. The molecule has 1 N–H and O–H groups in total. The molecule has 0 fully saturated rings. The third kappa shape index (κ3) is 3.31. The summed E-state index contributed by atoms with van der Waals surface area (Å²) in [5, 5.41) is 10.5. The van der Waals surface area contributed by atoms with Gasteiger partial charge in [-0.15, -0.1) is 0 Å². The number of carbonyl (C=O) groups excluding carboxylic acids is 1. The third-order valence-electron chi connectivity index (χ3n) is 2.68. The van der Waals surface area contributed by atoms with E-state index in [1.807, 2.05) is 0 Å². The van der Waals surface area contributed by atoms with Gasteiger partial charge in [-0.25, -0.2) is 4.79 Å². The van der Waals surface area contributed by atoms with Crippen LogP contribution in [0, 0.1) is 10.1 Å². The van der Waals surface area contributed by atoms with Crippen molar-refractivity contribution in [3.8, 4) is 0 Å². The summed E-state index contributed by atoms with van der Waals surface area (Å²) in [7, 11) is 0. The van der Waals surface area contributed by atoms with Gasteiger partial charge < -0.3 is 0 Å². The lowest BCUT2D eigenvalue weighted by molar-refractivity contribution is -0.384. The quantitative estimate of drug-likeness (QED) is 0.501. The molecule has 0 radical (unpaired) electrons. The zero-order chi connectivity index (χ0) is 15.6. The maximum absolute atomic E-state index is 12.0. The minimum Gasteiger partial charge on any atom is -0.292 e. The summed E-state index contributed by atoms with van der Waals surface area (Å²) in [6.07, 6.45) is 1.21. The number of ketones is 1. The summed E-state index contributed by atoms with van der Waals surface area (Å²) < 4.78 is 1.16. The number of nitrogens with one attached hydrogen (secondary N) is 1. The lowest BCUT2D eigenvalue weighted by atomic mass is 10.1. The van der Waals surface area contributed by atoms with Crippen LogP contribution in [-0.2, 0) is 6.54 Å². The number of carbonyl (C=O) groups is 1. The monoisotopic (exact) mass is 353 g/mol. The van der Waals surface area contributed by atoms with Gasteiger partial charge in [0.05, 0.1) is 15.9 Å². The van der Waals surface area contributed by atoms with Crippen molar-refractivity contribution in [3.05, 3.63) is 71.5 Å². The molecule has 21 heavy (non-hydrogen) atoms. The fourth-order valence-corrected chi connectivity index (χ4v) is 1.96. The number of H-pyrrole nitrogens is 1. The van der Waals surface area contributed by atoms with Crippen molar-refractivity contribution in [1.82, 2.24) is 9.55 Å². The standard InChI is InChI=1S/C12H8BrN3O5/c13-9-5-15(12(19)14-11(9)18)6-10(17)7-1-3-8(4-2-7)16(20)21/h1-5H,6H2,(H,14,18,19). The second kappa shape index (κ2) is 5.83.